The molecule has 0 amide bonds. The van der Waals surface area contributed by atoms with Crippen LogP contribution >= 0.6 is 0 Å². The second-order valence-corrected chi connectivity index (χ2v) is 10.3. The SMILES string of the molecule is C=CC(C)=O.CC1(C)[C@@H]2CC(=O)C[C@@H]21.CC1(C)[C@@H]2CC3=CC(=O)CCC3[C@@H]21. The van der Waals surface area contributed by atoms with E-state index >= 15 is 0 Å². The predicted molar refractivity (Wildman–Crippen MR) is 107 cm³/mol. The van der Waals surface area contributed by atoms with Crippen molar-refractivity contribution in [3.8, 4) is 0 Å². The minimum absolute atomic E-state index is 0.0185. The fourth-order valence-electron chi connectivity index (χ4n) is 5.96. The van der Waals surface area contributed by atoms with Crippen molar-refractivity contribution in [1.29, 1.82) is 0 Å². The third-order valence-corrected chi connectivity index (χ3v) is 8.02. The lowest BCUT2D eigenvalue weighted by atomic mass is 9.81. The summed E-state index contributed by atoms with van der Waals surface area (Å²) in [5, 5.41) is 0. The van der Waals surface area contributed by atoms with E-state index in [1.807, 2.05) is 6.08 Å². The van der Waals surface area contributed by atoms with Crippen LogP contribution in [0.5, 0.6) is 0 Å². The average Bonchev–Trinajstić information content (AvgIpc) is 3.12. The molecule has 5 aliphatic carbocycles. The quantitative estimate of drug-likeness (QED) is 0.614. The normalized spacial score (nSPS) is 38.0. The van der Waals surface area contributed by atoms with Crippen LogP contribution in [-0.4, -0.2) is 17.3 Å². The number of allylic oxidation sites excluding steroid dienone is 3. The lowest BCUT2D eigenvalue weighted by Gasteiger charge is -2.23. The van der Waals surface area contributed by atoms with Crippen molar-refractivity contribution in [2.24, 2.45) is 40.4 Å². The number of Topliss-reactive ketones (excluding diaryl/α,β-unsaturated/α-hetero) is 1. The Balaban J connectivity index is 0.000000131. The molecule has 148 valence electrons. The second kappa shape index (κ2) is 6.83. The van der Waals surface area contributed by atoms with Gasteiger partial charge in [0, 0.05) is 19.3 Å². The number of carbonyl (C=O) groups is 3. The molecule has 0 saturated heterocycles. The first-order valence-electron chi connectivity index (χ1n) is 10.4. The lowest BCUT2D eigenvalue weighted by molar-refractivity contribution is -0.119. The Hall–Kier alpha value is -1.51. The first-order chi connectivity index (χ1) is 12.5. The maximum absolute atomic E-state index is 11.2. The summed E-state index contributed by atoms with van der Waals surface area (Å²) < 4.78 is 0. The number of hydrogen-bond donors (Lipinski definition) is 0. The first-order valence-corrected chi connectivity index (χ1v) is 10.4. The van der Waals surface area contributed by atoms with Gasteiger partial charge in [-0.15, -0.1) is 0 Å². The van der Waals surface area contributed by atoms with Gasteiger partial charge in [-0.05, 0) is 72.3 Å². The van der Waals surface area contributed by atoms with Crippen LogP contribution in [0.2, 0.25) is 0 Å². The van der Waals surface area contributed by atoms with Crippen LogP contribution in [0.1, 0.15) is 66.7 Å². The third-order valence-electron chi connectivity index (χ3n) is 8.02. The van der Waals surface area contributed by atoms with E-state index in [2.05, 4.69) is 34.3 Å². The molecule has 0 aliphatic heterocycles. The van der Waals surface area contributed by atoms with Crippen LogP contribution in [-0.2, 0) is 14.4 Å². The van der Waals surface area contributed by atoms with E-state index < -0.39 is 0 Å². The molecular formula is C24H34O3. The van der Waals surface area contributed by atoms with Crippen LogP contribution in [0.4, 0.5) is 0 Å². The van der Waals surface area contributed by atoms with Gasteiger partial charge < -0.3 is 0 Å². The maximum Gasteiger partial charge on any atom is 0.155 e. The zero-order chi connectivity index (χ0) is 20.1. The number of ketones is 3. The van der Waals surface area contributed by atoms with Crippen molar-refractivity contribution in [1.82, 2.24) is 0 Å². The van der Waals surface area contributed by atoms with Crippen LogP contribution in [0.3, 0.4) is 0 Å². The van der Waals surface area contributed by atoms with Gasteiger partial charge in [0.25, 0.3) is 0 Å². The topological polar surface area (TPSA) is 51.2 Å². The van der Waals surface area contributed by atoms with Gasteiger partial charge in [-0.3, -0.25) is 14.4 Å². The number of fused-ring (bicyclic) bond motifs is 4. The third kappa shape index (κ3) is 3.75. The molecule has 4 fully saturated rings. The maximum atomic E-state index is 11.2. The molecule has 5 rings (SSSR count). The highest BCUT2D eigenvalue weighted by Crippen LogP contribution is 2.71. The Kier molecular flexibility index (Phi) is 5.12. The van der Waals surface area contributed by atoms with Gasteiger partial charge in [-0.1, -0.05) is 39.8 Å². The largest absolute Gasteiger partial charge is 0.300 e. The zero-order valence-electron chi connectivity index (χ0n) is 17.5. The van der Waals surface area contributed by atoms with Crippen LogP contribution in [0.25, 0.3) is 0 Å². The van der Waals surface area contributed by atoms with E-state index in [4.69, 9.17) is 0 Å². The number of hydrogen-bond acceptors (Lipinski definition) is 3. The Morgan fingerprint density at radius 3 is 2.07 bits per heavy atom. The minimum atomic E-state index is 0.0185. The molecular weight excluding hydrogens is 336 g/mol. The van der Waals surface area contributed by atoms with E-state index in [-0.39, 0.29) is 5.78 Å². The van der Waals surface area contributed by atoms with Crippen LogP contribution in [0.15, 0.2) is 24.3 Å². The summed E-state index contributed by atoms with van der Waals surface area (Å²) in [4.78, 5) is 31.7. The lowest BCUT2D eigenvalue weighted by Crippen LogP contribution is -2.16. The summed E-state index contributed by atoms with van der Waals surface area (Å²) in [7, 11) is 0. The Morgan fingerprint density at radius 1 is 1.04 bits per heavy atom. The van der Waals surface area contributed by atoms with Crippen molar-refractivity contribution in [2.75, 3.05) is 0 Å². The molecule has 0 radical (unpaired) electrons. The van der Waals surface area contributed by atoms with Crippen molar-refractivity contribution in [3.63, 3.8) is 0 Å². The van der Waals surface area contributed by atoms with E-state index in [9.17, 15) is 14.4 Å². The van der Waals surface area contributed by atoms with Gasteiger partial charge >= 0.3 is 0 Å². The fraction of sp³-hybridized carbons (Fsp3) is 0.708. The van der Waals surface area contributed by atoms with Crippen LogP contribution < -0.4 is 0 Å². The van der Waals surface area contributed by atoms with Gasteiger partial charge in [0.15, 0.2) is 11.6 Å². The van der Waals surface area contributed by atoms with E-state index in [1.165, 1.54) is 25.0 Å². The van der Waals surface area contributed by atoms with E-state index in [0.29, 0.717) is 22.4 Å². The minimum Gasteiger partial charge on any atom is -0.300 e. The number of carbonyl (C=O) groups excluding carboxylic acids is 3. The molecule has 5 atom stereocenters. The van der Waals surface area contributed by atoms with Crippen molar-refractivity contribution in [3.05, 3.63) is 24.3 Å². The Morgan fingerprint density at radius 2 is 1.59 bits per heavy atom. The van der Waals surface area contributed by atoms with Gasteiger partial charge in [-0.25, -0.2) is 0 Å². The summed E-state index contributed by atoms with van der Waals surface area (Å²) in [6.07, 6.45) is 8.11. The van der Waals surface area contributed by atoms with Crippen molar-refractivity contribution < 1.29 is 14.4 Å². The molecule has 0 heterocycles. The fourth-order valence-corrected chi connectivity index (χ4v) is 5.96. The number of rotatable bonds is 1. The van der Waals surface area contributed by atoms with Crippen molar-refractivity contribution in [2.45, 2.75) is 66.7 Å². The molecule has 0 aromatic carbocycles. The smallest absolute Gasteiger partial charge is 0.155 e. The van der Waals surface area contributed by atoms with E-state index in [0.717, 1.165) is 55.3 Å². The zero-order valence-corrected chi connectivity index (χ0v) is 17.5. The molecule has 0 N–H and O–H groups in total. The highest BCUT2D eigenvalue weighted by Gasteiger charge is 2.65. The molecule has 27 heavy (non-hydrogen) atoms. The molecule has 5 aliphatic rings. The van der Waals surface area contributed by atoms with Gasteiger partial charge in [0.2, 0.25) is 0 Å². The highest BCUT2D eigenvalue weighted by molar-refractivity contribution is 5.91. The molecule has 3 nitrogen and oxygen atoms in total. The summed E-state index contributed by atoms with van der Waals surface area (Å²) in [6.45, 7) is 14.0. The molecule has 3 heteroatoms. The van der Waals surface area contributed by atoms with Gasteiger partial charge in [0.05, 0.1) is 0 Å². The average molecular weight is 371 g/mol. The molecule has 1 unspecified atom stereocenters. The van der Waals surface area contributed by atoms with Gasteiger partial charge in [0.1, 0.15) is 5.78 Å². The van der Waals surface area contributed by atoms with Crippen LogP contribution in [0, 0.1) is 40.4 Å². The Bertz CT molecular complexity index is 693. The van der Waals surface area contributed by atoms with Crippen molar-refractivity contribution >= 4 is 17.3 Å². The summed E-state index contributed by atoms with van der Waals surface area (Å²) in [5.74, 6) is 4.97. The van der Waals surface area contributed by atoms with Gasteiger partial charge in [-0.2, -0.15) is 0 Å². The van der Waals surface area contributed by atoms with E-state index in [1.54, 1.807) is 0 Å². The predicted octanol–water partition coefficient (Wildman–Crippen LogP) is 4.95. The first kappa shape index (κ1) is 20.2. The second-order valence-electron chi connectivity index (χ2n) is 10.3. The molecule has 0 aromatic rings. The molecule has 0 bridgehead atoms. The Labute approximate surface area is 163 Å². The highest BCUT2D eigenvalue weighted by atomic mass is 16.1. The molecule has 0 aromatic heterocycles. The summed E-state index contributed by atoms with van der Waals surface area (Å²) >= 11 is 0. The summed E-state index contributed by atoms with van der Waals surface area (Å²) in [5.41, 5.74) is 2.58. The standard InChI is InChI=1S/C12H16O.C8H12O.C4H6O/c1-12(2)10-6-7-5-8(13)3-4-9(7)11(10)12;1-8(2)6-3-5(9)4-7(6)8;1-3-4(2)5/h5,9-11H,3-4,6H2,1-2H3;6-7H,3-4H2,1-2H3;3H,1H2,2H3/t9?,10-,11+;6-,7+;/m1../s1. The summed E-state index contributed by atoms with van der Waals surface area (Å²) in [6, 6.07) is 0. The molecule has 0 spiro atoms. The molecule has 4 saturated carbocycles. The monoisotopic (exact) mass is 370 g/mol.